The first-order valence-corrected chi connectivity index (χ1v) is 7.73. The van der Waals surface area contributed by atoms with Gasteiger partial charge in [0, 0.05) is 25.0 Å². The van der Waals surface area contributed by atoms with Crippen molar-refractivity contribution < 1.29 is 4.74 Å². The summed E-state index contributed by atoms with van der Waals surface area (Å²) in [6.45, 7) is 0.971. The normalized spacial score (nSPS) is 16.6. The zero-order valence-electron chi connectivity index (χ0n) is 12.6. The fourth-order valence-corrected chi connectivity index (χ4v) is 2.80. The summed E-state index contributed by atoms with van der Waals surface area (Å²) in [6, 6.07) is 13.6. The van der Waals surface area contributed by atoms with Crippen molar-refractivity contribution in [1.29, 1.82) is 0 Å². The van der Waals surface area contributed by atoms with E-state index in [1.165, 1.54) is 5.69 Å². The number of rotatable bonds is 4. The number of hydrogen-bond acceptors (Lipinski definition) is 5. The number of para-hydroxylation sites is 1. The van der Waals surface area contributed by atoms with E-state index in [2.05, 4.69) is 20.4 Å². The summed E-state index contributed by atoms with van der Waals surface area (Å²) in [6.07, 6.45) is 5.67. The summed E-state index contributed by atoms with van der Waals surface area (Å²) >= 11 is 0. The Morgan fingerprint density at radius 3 is 2.91 bits per heavy atom. The predicted molar refractivity (Wildman–Crippen MR) is 86.4 cm³/mol. The summed E-state index contributed by atoms with van der Waals surface area (Å²) in [4.78, 5) is 8.75. The van der Waals surface area contributed by atoms with Crippen LogP contribution in [0.15, 0.2) is 54.9 Å². The molecule has 2 aromatic heterocycles. The number of anilines is 1. The molecule has 0 spiro atoms. The molecule has 0 saturated carbocycles. The number of ether oxygens (including phenoxy) is 1. The van der Waals surface area contributed by atoms with Crippen LogP contribution in [-0.2, 0) is 6.54 Å². The minimum absolute atomic E-state index is 0.179. The molecule has 1 aromatic carbocycles. The first-order chi connectivity index (χ1) is 11.4. The van der Waals surface area contributed by atoms with Crippen LogP contribution in [0.5, 0.6) is 11.6 Å². The fourth-order valence-electron chi connectivity index (χ4n) is 2.80. The number of nitrogens with one attached hydrogen (secondary N) is 1. The van der Waals surface area contributed by atoms with E-state index in [0.29, 0.717) is 11.8 Å². The van der Waals surface area contributed by atoms with Crippen LogP contribution in [0.1, 0.15) is 24.6 Å². The highest BCUT2D eigenvalue weighted by molar-refractivity contribution is 5.34. The minimum Gasteiger partial charge on any atom is -0.439 e. The van der Waals surface area contributed by atoms with Gasteiger partial charge in [-0.25, -0.2) is 4.98 Å². The van der Waals surface area contributed by atoms with Gasteiger partial charge in [0.15, 0.2) is 0 Å². The standard InChI is InChI=1S/C17H17N5O/c1-2-5-13(6-3-1)23-16-9-10-18-17(21-16)20-14-7-4-12-22-15(14)8-11-19-22/h1-3,5-6,8-11,14H,4,7,12H2,(H,18,20,21). The summed E-state index contributed by atoms with van der Waals surface area (Å²) in [5.41, 5.74) is 1.18. The molecule has 0 fully saturated rings. The molecule has 0 saturated heterocycles. The molecule has 4 rings (SSSR count). The van der Waals surface area contributed by atoms with Crippen LogP contribution in [0.4, 0.5) is 5.95 Å². The molecule has 1 aliphatic rings. The van der Waals surface area contributed by atoms with E-state index < -0.39 is 0 Å². The number of aromatic nitrogens is 4. The van der Waals surface area contributed by atoms with E-state index in [1.807, 2.05) is 47.3 Å². The van der Waals surface area contributed by atoms with Crippen molar-refractivity contribution in [2.24, 2.45) is 0 Å². The van der Waals surface area contributed by atoms with Crippen molar-refractivity contribution in [3.8, 4) is 11.6 Å². The molecule has 1 atom stereocenters. The van der Waals surface area contributed by atoms with Gasteiger partial charge >= 0.3 is 0 Å². The van der Waals surface area contributed by atoms with Crippen LogP contribution in [0.25, 0.3) is 0 Å². The molecule has 0 amide bonds. The minimum atomic E-state index is 0.179. The highest BCUT2D eigenvalue weighted by Gasteiger charge is 2.21. The molecule has 6 nitrogen and oxygen atoms in total. The van der Waals surface area contributed by atoms with Gasteiger partial charge in [0.1, 0.15) is 5.75 Å². The van der Waals surface area contributed by atoms with Crippen molar-refractivity contribution in [3.05, 3.63) is 60.6 Å². The second-order valence-corrected chi connectivity index (χ2v) is 5.45. The maximum Gasteiger partial charge on any atom is 0.226 e. The Morgan fingerprint density at radius 1 is 1.09 bits per heavy atom. The van der Waals surface area contributed by atoms with Gasteiger partial charge in [-0.3, -0.25) is 4.68 Å². The lowest BCUT2D eigenvalue weighted by atomic mass is 10.0. The number of benzene rings is 1. The van der Waals surface area contributed by atoms with Crippen molar-refractivity contribution >= 4 is 5.95 Å². The smallest absolute Gasteiger partial charge is 0.226 e. The quantitative estimate of drug-likeness (QED) is 0.800. The molecule has 0 aliphatic carbocycles. The second-order valence-electron chi connectivity index (χ2n) is 5.45. The molecule has 3 heterocycles. The fraction of sp³-hybridized carbons (Fsp3) is 0.235. The van der Waals surface area contributed by atoms with Gasteiger partial charge in [-0.15, -0.1) is 0 Å². The summed E-state index contributed by atoms with van der Waals surface area (Å²) in [7, 11) is 0. The van der Waals surface area contributed by atoms with Crippen molar-refractivity contribution in [2.45, 2.75) is 25.4 Å². The third kappa shape index (κ3) is 3.01. The van der Waals surface area contributed by atoms with Gasteiger partial charge in [-0.05, 0) is 31.0 Å². The number of fused-ring (bicyclic) bond motifs is 1. The van der Waals surface area contributed by atoms with Crippen molar-refractivity contribution in [1.82, 2.24) is 19.7 Å². The molecule has 0 radical (unpaired) electrons. The molecule has 1 unspecified atom stereocenters. The third-order valence-electron chi connectivity index (χ3n) is 3.87. The van der Waals surface area contributed by atoms with Crippen LogP contribution in [0, 0.1) is 0 Å². The van der Waals surface area contributed by atoms with E-state index in [4.69, 9.17) is 4.74 Å². The lowest BCUT2D eigenvalue weighted by molar-refractivity contribution is 0.441. The molecule has 3 aromatic rings. The van der Waals surface area contributed by atoms with Crippen LogP contribution in [0.3, 0.4) is 0 Å². The zero-order chi connectivity index (χ0) is 15.5. The molecule has 116 valence electrons. The van der Waals surface area contributed by atoms with E-state index in [9.17, 15) is 0 Å². The lowest BCUT2D eigenvalue weighted by Crippen LogP contribution is -2.22. The van der Waals surface area contributed by atoms with Crippen LogP contribution in [0.2, 0.25) is 0 Å². The van der Waals surface area contributed by atoms with Gasteiger partial charge in [0.25, 0.3) is 0 Å². The van der Waals surface area contributed by atoms with Crippen LogP contribution >= 0.6 is 0 Å². The molecule has 1 N–H and O–H groups in total. The average Bonchev–Trinajstić information content (AvgIpc) is 3.06. The Bertz CT molecular complexity index is 786. The first kappa shape index (κ1) is 13.8. The van der Waals surface area contributed by atoms with Crippen molar-refractivity contribution in [3.63, 3.8) is 0 Å². The monoisotopic (exact) mass is 307 g/mol. The Hall–Kier alpha value is -2.89. The van der Waals surface area contributed by atoms with Gasteiger partial charge in [0.05, 0.1) is 11.7 Å². The van der Waals surface area contributed by atoms with Crippen LogP contribution < -0.4 is 10.1 Å². The van der Waals surface area contributed by atoms with Gasteiger partial charge in [0.2, 0.25) is 11.8 Å². The maximum atomic E-state index is 5.75. The Kier molecular flexibility index (Phi) is 3.63. The Balaban J connectivity index is 1.51. The Morgan fingerprint density at radius 2 is 2.00 bits per heavy atom. The molecule has 23 heavy (non-hydrogen) atoms. The van der Waals surface area contributed by atoms with Gasteiger partial charge < -0.3 is 10.1 Å². The molecule has 1 aliphatic heterocycles. The lowest BCUT2D eigenvalue weighted by Gasteiger charge is -2.24. The van der Waals surface area contributed by atoms with Crippen molar-refractivity contribution in [2.75, 3.05) is 5.32 Å². The third-order valence-corrected chi connectivity index (χ3v) is 3.87. The largest absolute Gasteiger partial charge is 0.439 e. The Labute approximate surface area is 134 Å². The zero-order valence-corrected chi connectivity index (χ0v) is 12.6. The topological polar surface area (TPSA) is 64.9 Å². The van der Waals surface area contributed by atoms with Crippen LogP contribution in [-0.4, -0.2) is 19.7 Å². The van der Waals surface area contributed by atoms with Gasteiger partial charge in [-0.2, -0.15) is 10.1 Å². The summed E-state index contributed by atoms with van der Waals surface area (Å²) in [5.74, 6) is 1.85. The average molecular weight is 307 g/mol. The molecular weight excluding hydrogens is 290 g/mol. The summed E-state index contributed by atoms with van der Waals surface area (Å²) < 4.78 is 7.79. The molecule has 0 bridgehead atoms. The second kappa shape index (κ2) is 6.08. The number of nitrogens with zero attached hydrogens (tertiary/aromatic N) is 4. The first-order valence-electron chi connectivity index (χ1n) is 7.73. The highest BCUT2D eigenvalue weighted by Crippen LogP contribution is 2.27. The number of aryl methyl sites for hydroxylation is 1. The van der Waals surface area contributed by atoms with E-state index in [0.717, 1.165) is 25.1 Å². The SMILES string of the molecule is c1ccc(Oc2ccnc(NC3CCCn4nccc43)n2)cc1. The van der Waals surface area contributed by atoms with Gasteiger partial charge in [-0.1, -0.05) is 18.2 Å². The predicted octanol–water partition coefficient (Wildman–Crippen LogP) is 3.41. The van der Waals surface area contributed by atoms with E-state index in [1.54, 1.807) is 12.3 Å². The van der Waals surface area contributed by atoms with E-state index >= 15 is 0 Å². The molecular formula is C17H17N5O. The highest BCUT2D eigenvalue weighted by atomic mass is 16.5. The summed E-state index contributed by atoms with van der Waals surface area (Å²) in [5, 5.41) is 7.72. The maximum absolute atomic E-state index is 5.75. The molecule has 6 heteroatoms. The number of hydrogen-bond donors (Lipinski definition) is 1. The van der Waals surface area contributed by atoms with E-state index in [-0.39, 0.29) is 6.04 Å².